The van der Waals surface area contributed by atoms with Crippen molar-refractivity contribution in [3.8, 4) is 0 Å². The second kappa shape index (κ2) is 6.57. The zero-order valence-corrected chi connectivity index (χ0v) is 14.9. The first-order valence-electron chi connectivity index (χ1n) is 7.86. The first-order valence-corrected chi connectivity index (χ1v) is 7.86. The Balaban J connectivity index is 2.49. The molecule has 1 rings (SSSR count). The van der Waals surface area contributed by atoms with Gasteiger partial charge in [-0.1, -0.05) is 0 Å². The van der Waals surface area contributed by atoms with Crippen LogP contribution in [0.25, 0.3) is 0 Å². The van der Waals surface area contributed by atoms with Gasteiger partial charge in [-0.15, -0.1) is 0 Å². The van der Waals surface area contributed by atoms with Gasteiger partial charge in [0.1, 0.15) is 18.3 Å². The van der Waals surface area contributed by atoms with Crippen molar-refractivity contribution >= 4 is 11.9 Å². The highest BCUT2D eigenvalue weighted by Crippen LogP contribution is 2.34. The largest absolute Gasteiger partial charge is 0.462 e. The lowest BCUT2D eigenvalue weighted by Gasteiger charge is -2.31. The van der Waals surface area contributed by atoms with Crippen molar-refractivity contribution in [1.82, 2.24) is 0 Å². The molecule has 1 aliphatic heterocycles. The Bertz CT molecular complexity index is 413. The molecule has 1 aliphatic rings. The van der Waals surface area contributed by atoms with Crippen molar-refractivity contribution < 1.29 is 23.8 Å². The van der Waals surface area contributed by atoms with E-state index in [0.717, 1.165) is 0 Å². The minimum Gasteiger partial charge on any atom is -0.462 e. The summed E-state index contributed by atoms with van der Waals surface area (Å²) in [5, 5.41) is 0. The third-order valence-corrected chi connectivity index (χ3v) is 3.68. The van der Waals surface area contributed by atoms with Crippen LogP contribution in [0.5, 0.6) is 0 Å². The first kappa shape index (κ1) is 18.9. The molecular formula is C17H30O5. The monoisotopic (exact) mass is 314 g/mol. The summed E-state index contributed by atoms with van der Waals surface area (Å²) in [5.41, 5.74) is -1.77. The van der Waals surface area contributed by atoms with Crippen LogP contribution in [0.15, 0.2) is 0 Å². The Kier molecular flexibility index (Phi) is 5.66. The molecule has 1 fully saturated rings. The Hall–Kier alpha value is -1.10. The number of carbonyl (C=O) groups is 2. The summed E-state index contributed by atoms with van der Waals surface area (Å²) in [4.78, 5) is 24.4. The van der Waals surface area contributed by atoms with E-state index in [1.54, 1.807) is 0 Å². The molecule has 1 atom stereocenters. The number of epoxide rings is 1. The Morgan fingerprint density at radius 2 is 1.41 bits per heavy atom. The van der Waals surface area contributed by atoms with E-state index in [1.807, 2.05) is 48.5 Å². The van der Waals surface area contributed by atoms with Crippen LogP contribution in [0.1, 0.15) is 61.3 Å². The lowest BCUT2D eigenvalue weighted by Crippen LogP contribution is -2.36. The molecule has 5 heteroatoms. The van der Waals surface area contributed by atoms with E-state index in [0.29, 0.717) is 26.1 Å². The van der Waals surface area contributed by atoms with Gasteiger partial charge < -0.3 is 14.2 Å². The van der Waals surface area contributed by atoms with Crippen LogP contribution in [0.2, 0.25) is 0 Å². The van der Waals surface area contributed by atoms with E-state index in [4.69, 9.17) is 14.2 Å². The number of ether oxygens (including phenoxy) is 3. The van der Waals surface area contributed by atoms with Crippen molar-refractivity contribution in [2.75, 3.05) is 13.2 Å². The van der Waals surface area contributed by atoms with E-state index >= 15 is 0 Å². The fourth-order valence-corrected chi connectivity index (χ4v) is 1.77. The fraction of sp³-hybridized carbons (Fsp3) is 0.882. The molecule has 0 saturated carbocycles. The maximum absolute atomic E-state index is 12.2. The summed E-state index contributed by atoms with van der Waals surface area (Å²) in [6.07, 6.45) is 1.19. The van der Waals surface area contributed by atoms with Gasteiger partial charge in [-0.3, -0.25) is 9.59 Å². The minimum absolute atomic E-state index is 0.0676. The van der Waals surface area contributed by atoms with E-state index < -0.39 is 16.4 Å². The molecule has 22 heavy (non-hydrogen) atoms. The summed E-state index contributed by atoms with van der Waals surface area (Å²) in [6, 6.07) is 0. The van der Waals surface area contributed by atoms with E-state index in [1.165, 1.54) is 0 Å². The average molecular weight is 314 g/mol. The molecule has 0 aromatic carbocycles. The third kappa shape index (κ3) is 6.34. The minimum atomic E-state index is -0.634. The van der Waals surface area contributed by atoms with E-state index in [-0.39, 0.29) is 18.0 Å². The summed E-state index contributed by atoms with van der Waals surface area (Å²) in [6.45, 7) is 13.9. The van der Waals surface area contributed by atoms with Crippen molar-refractivity contribution in [1.29, 1.82) is 0 Å². The van der Waals surface area contributed by atoms with Gasteiger partial charge in [-0.2, -0.15) is 0 Å². The van der Waals surface area contributed by atoms with Crippen molar-refractivity contribution in [3.63, 3.8) is 0 Å². The summed E-state index contributed by atoms with van der Waals surface area (Å²) in [7, 11) is 0. The predicted octanol–water partition coefficient (Wildman–Crippen LogP) is 3.10. The van der Waals surface area contributed by atoms with Gasteiger partial charge in [0.05, 0.1) is 17.4 Å². The summed E-state index contributed by atoms with van der Waals surface area (Å²) < 4.78 is 15.7. The van der Waals surface area contributed by atoms with Crippen LogP contribution in [0.4, 0.5) is 0 Å². The van der Waals surface area contributed by atoms with Crippen LogP contribution >= 0.6 is 0 Å². The molecule has 0 bridgehead atoms. The van der Waals surface area contributed by atoms with Gasteiger partial charge in [0.2, 0.25) is 0 Å². The van der Waals surface area contributed by atoms with Crippen molar-refractivity contribution in [2.24, 2.45) is 10.8 Å². The molecule has 0 amide bonds. The SMILES string of the molecule is CC(C)(C)OC(=O)C(C)(C)CCC(C)(C)C(=O)OCC1CO1. The fourth-order valence-electron chi connectivity index (χ4n) is 1.77. The second-order valence-corrected chi connectivity index (χ2v) is 8.32. The van der Waals surface area contributed by atoms with E-state index in [2.05, 4.69) is 0 Å². The van der Waals surface area contributed by atoms with Gasteiger partial charge in [0.25, 0.3) is 0 Å². The second-order valence-electron chi connectivity index (χ2n) is 8.32. The molecule has 0 spiro atoms. The standard InChI is InChI=1S/C17H30O5/c1-15(2,3)22-14(19)17(6,7)9-8-16(4,5)13(18)21-11-12-10-20-12/h12H,8-11H2,1-7H3. The number of carbonyl (C=O) groups excluding carboxylic acids is 2. The maximum Gasteiger partial charge on any atom is 0.312 e. The number of hydrogen-bond donors (Lipinski definition) is 0. The molecule has 1 unspecified atom stereocenters. The highest BCUT2D eigenvalue weighted by Gasteiger charge is 2.37. The zero-order valence-electron chi connectivity index (χ0n) is 14.9. The molecule has 0 aromatic rings. The highest BCUT2D eigenvalue weighted by atomic mass is 16.6. The Morgan fingerprint density at radius 3 is 1.82 bits per heavy atom. The number of rotatable bonds is 7. The maximum atomic E-state index is 12.2. The first-order chi connectivity index (χ1) is 9.83. The summed E-state index contributed by atoms with van der Waals surface area (Å²) >= 11 is 0. The van der Waals surface area contributed by atoms with Crippen LogP contribution in [0.3, 0.4) is 0 Å². The third-order valence-electron chi connectivity index (χ3n) is 3.68. The molecule has 0 aliphatic carbocycles. The zero-order chi connectivity index (χ0) is 17.2. The molecule has 1 saturated heterocycles. The Morgan fingerprint density at radius 1 is 0.955 bits per heavy atom. The van der Waals surface area contributed by atoms with Gasteiger partial charge in [-0.05, 0) is 61.3 Å². The lowest BCUT2D eigenvalue weighted by molar-refractivity contribution is -0.167. The topological polar surface area (TPSA) is 65.1 Å². The average Bonchev–Trinajstić information content (AvgIpc) is 3.15. The molecule has 0 radical (unpaired) electrons. The molecule has 1 heterocycles. The van der Waals surface area contributed by atoms with Crippen LogP contribution in [-0.2, 0) is 23.8 Å². The van der Waals surface area contributed by atoms with Crippen molar-refractivity contribution in [3.05, 3.63) is 0 Å². The number of esters is 2. The molecule has 0 N–H and O–H groups in total. The molecule has 0 aromatic heterocycles. The molecule has 128 valence electrons. The highest BCUT2D eigenvalue weighted by molar-refractivity contribution is 5.77. The van der Waals surface area contributed by atoms with Crippen molar-refractivity contribution in [2.45, 2.75) is 73.0 Å². The van der Waals surface area contributed by atoms with Gasteiger partial charge >= 0.3 is 11.9 Å². The molecular weight excluding hydrogens is 284 g/mol. The predicted molar refractivity (Wildman–Crippen MR) is 83.3 cm³/mol. The lowest BCUT2D eigenvalue weighted by atomic mass is 9.79. The van der Waals surface area contributed by atoms with Gasteiger partial charge in [-0.25, -0.2) is 0 Å². The van der Waals surface area contributed by atoms with Gasteiger partial charge in [0, 0.05) is 0 Å². The molecule has 5 nitrogen and oxygen atoms in total. The summed E-state index contributed by atoms with van der Waals surface area (Å²) in [5.74, 6) is -0.487. The normalized spacial score (nSPS) is 18.8. The van der Waals surface area contributed by atoms with Crippen LogP contribution in [-0.4, -0.2) is 36.9 Å². The van der Waals surface area contributed by atoms with E-state index in [9.17, 15) is 9.59 Å². The smallest absolute Gasteiger partial charge is 0.312 e. The van der Waals surface area contributed by atoms with Crippen LogP contribution in [0, 0.1) is 10.8 Å². The van der Waals surface area contributed by atoms with Crippen LogP contribution < -0.4 is 0 Å². The Labute approximate surface area is 133 Å². The quantitative estimate of drug-likeness (QED) is 0.533. The number of hydrogen-bond acceptors (Lipinski definition) is 5. The van der Waals surface area contributed by atoms with Gasteiger partial charge in [0.15, 0.2) is 0 Å².